The van der Waals surface area contributed by atoms with E-state index in [4.69, 9.17) is 0 Å². The van der Waals surface area contributed by atoms with E-state index in [1.165, 1.54) is 0 Å². The molecule has 0 bridgehead atoms. The molecule has 1 nitrogen and oxygen atoms in total. The summed E-state index contributed by atoms with van der Waals surface area (Å²) in [6, 6.07) is 6.01. The van der Waals surface area contributed by atoms with Gasteiger partial charge in [-0.2, -0.15) is 0 Å². The Morgan fingerprint density at radius 3 is 2.83 bits per heavy atom. The fourth-order valence-electron chi connectivity index (χ4n) is 0.663. The first-order valence-corrected chi connectivity index (χ1v) is 5.98. The highest BCUT2D eigenvalue weighted by Gasteiger charge is 1.96. The summed E-state index contributed by atoms with van der Waals surface area (Å²) in [5.41, 5.74) is 0. The van der Waals surface area contributed by atoms with Gasteiger partial charge >= 0.3 is 0 Å². The Balaban J connectivity index is 2.25. The van der Waals surface area contributed by atoms with E-state index in [0.29, 0.717) is 5.25 Å². The molecule has 1 aromatic heterocycles. The highest BCUT2D eigenvalue weighted by Crippen LogP contribution is 2.22. The molecule has 0 aliphatic rings. The maximum atomic E-state index is 4.23. The summed E-state index contributed by atoms with van der Waals surface area (Å²) < 4.78 is 0. The van der Waals surface area contributed by atoms with E-state index >= 15 is 0 Å². The van der Waals surface area contributed by atoms with Crippen LogP contribution in [0.2, 0.25) is 0 Å². The lowest BCUT2D eigenvalue weighted by atomic mass is 10.5. The van der Waals surface area contributed by atoms with Gasteiger partial charge in [0.2, 0.25) is 0 Å². The van der Waals surface area contributed by atoms with E-state index in [9.17, 15) is 0 Å². The van der Waals surface area contributed by atoms with Crippen molar-refractivity contribution >= 4 is 23.5 Å². The van der Waals surface area contributed by atoms with Gasteiger partial charge in [-0.15, -0.1) is 11.8 Å². The third-order valence-corrected chi connectivity index (χ3v) is 3.47. The number of hydrogen-bond acceptors (Lipinski definition) is 3. The lowest BCUT2D eigenvalue weighted by Gasteiger charge is -2.02. The fourth-order valence-corrected chi connectivity index (χ4v) is 2.82. The predicted octanol–water partition coefficient (Wildman–Crippen LogP) is 3.27. The maximum Gasteiger partial charge on any atom is 0.0967 e. The van der Waals surface area contributed by atoms with Crippen LogP contribution in [0.5, 0.6) is 0 Å². The van der Waals surface area contributed by atoms with Crippen molar-refractivity contribution in [3.63, 3.8) is 0 Å². The second kappa shape index (κ2) is 5.49. The molecule has 1 heterocycles. The number of nitrogens with zero attached hydrogens (tertiary/aromatic N) is 1. The van der Waals surface area contributed by atoms with Gasteiger partial charge in [-0.3, -0.25) is 0 Å². The van der Waals surface area contributed by atoms with Crippen LogP contribution in [0.1, 0.15) is 13.8 Å². The number of aromatic nitrogens is 1. The largest absolute Gasteiger partial charge is 0.250 e. The molecule has 0 atom stereocenters. The smallest absolute Gasteiger partial charge is 0.0967 e. The molecule has 0 unspecified atom stereocenters. The normalized spacial score (nSPS) is 10.6. The summed E-state index contributed by atoms with van der Waals surface area (Å²) in [6.45, 7) is 4.42. The average Bonchev–Trinajstić information content (AvgIpc) is 2.05. The van der Waals surface area contributed by atoms with Crippen molar-refractivity contribution in [3.8, 4) is 0 Å². The predicted molar refractivity (Wildman–Crippen MR) is 57.7 cm³/mol. The van der Waals surface area contributed by atoms with Crippen molar-refractivity contribution in [2.45, 2.75) is 24.1 Å². The summed E-state index contributed by atoms with van der Waals surface area (Å²) in [6.07, 6.45) is 1.84. The van der Waals surface area contributed by atoms with Crippen molar-refractivity contribution in [1.82, 2.24) is 4.98 Å². The van der Waals surface area contributed by atoms with Gasteiger partial charge in [0.15, 0.2) is 0 Å². The van der Waals surface area contributed by atoms with Gasteiger partial charge in [-0.25, -0.2) is 4.98 Å². The maximum absolute atomic E-state index is 4.23. The van der Waals surface area contributed by atoms with Gasteiger partial charge in [-0.05, 0) is 17.4 Å². The Morgan fingerprint density at radius 2 is 2.25 bits per heavy atom. The number of rotatable bonds is 4. The molecule has 0 amide bonds. The van der Waals surface area contributed by atoms with Crippen LogP contribution in [0.25, 0.3) is 0 Å². The van der Waals surface area contributed by atoms with Crippen molar-refractivity contribution in [2.24, 2.45) is 0 Å². The van der Waals surface area contributed by atoms with Gasteiger partial charge in [-0.1, -0.05) is 31.7 Å². The first-order chi connectivity index (χ1) is 5.79. The van der Waals surface area contributed by atoms with Crippen LogP contribution < -0.4 is 0 Å². The number of pyridine rings is 1. The third-order valence-electron chi connectivity index (χ3n) is 1.25. The van der Waals surface area contributed by atoms with Crippen LogP contribution in [0.15, 0.2) is 29.4 Å². The Hall–Kier alpha value is -0.150. The summed E-state index contributed by atoms with van der Waals surface area (Å²) in [5.74, 6) is 0. The number of thioether (sulfide) groups is 2. The Bertz CT molecular complexity index is 211. The molecule has 66 valence electrons. The minimum atomic E-state index is 0.709. The van der Waals surface area contributed by atoms with E-state index in [2.05, 4.69) is 18.8 Å². The first kappa shape index (κ1) is 9.93. The number of hydrogen-bond donors (Lipinski definition) is 0. The monoisotopic (exact) mass is 199 g/mol. The molecule has 0 aliphatic heterocycles. The lowest BCUT2D eigenvalue weighted by molar-refractivity contribution is 1.11. The van der Waals surface area contributed by atoms with Gasteiger partial charge in [0.05, 0.1) is 5.03 Å². The van der Waals surface area contributed by atoms with Crippen LogP contribution in [0.3, 0.4) is 0 Å². The molecule has 3 heteroatoms. The molecule has 1 rings (SSSR count). The zero-order valence-electron chi connectivity index (χ0n) is 7.36. The zero-order chi connectivity index (χ0) is 8.81. The topological polar surface area (TPSA) is 12.9 Å². The summed E-state index contributed by atoms with van der Waals surface area (Å²) in [5, 5.41) is 2.92. The van der Waals surface area contributed by atoms with Crippen molar-refractivity contribution in [3.05, 3.63) is 24.4 Å². The van der Waals surface area contributed by atoms with Gasteiger partial charge in [0.1, 0.15) is 0 Å². The fraction of sp³-hybridized carbons (Fsp3) is 0.444. The average molecular weight is 199 g/mol. The Kier molecular flexibility index (Phi) is 4.54. The standard InChI is InChI=1S/C9H13NS2/c1-8(2)11-7-12-9-5-3-4-6-10-9/h3-6,8H,7H2,1-2H3. The molecular formula is C9H13NS2. The summed E-state index contributed by atoms with van der Waals surface area (Å²) in [7, 11) is 0. The highest BCUT2D eigenvalue weighted by molar-refractivity contribution is 8.16. The van der Waals surface area contributed by atoms with E-state index in [1.54, 1.807) is 11.8 Å². The van der Waals surface area contributed by atoms with E-state index in [0.717, 1.165) is 10.1 Å². The van der Waals surface area contributed by atoms with Crippen LogP contribution in [0, 0.1) is 0 Å². The van der Waals surface area contributed by atoms with Crippen LogP contribution in [0.4, 0.5) is 0 Å². The Labute approximate surface area is 82.4 Å². The second-order valence-corrected chi connectivity index (χ2v) is 5.57. The minimum Gasteiger partial charge on any atom is -0.250 e. The van der Waals surface area contributed by atoms with Gasteiger partial charge in [0.25, 0.3) is 0 Å². The molecule has 12 heavy (non-hydrogen) atoms. The van der Waals surface area contributed by atoms with Crippen LogP contribution in [-0.2, 0) is 0 Å². The van der Waals surface area contributed by atoms with E-state index < -0.39 is 0 Å². The van der Waals surface area contributed by atoms with Crippen LogP contribution in [-0.4, -0.2) is 15.3 Å². The molecule has 0 N–H and O–H groups in total. The third kappa shape index (κ3) is 4.02. The van der Waals surface area contributed by atoms with Crippen LogP contribution >= 0.6 is 23.5 Å². The van der Waals surface area contributed by atoms with Crippen molar-refractivity contribution < 1.29 is 0 Å². The molecule has 0 aliphatic carbocycles. The second-order valence-electron chi connectivity index (χ2n) is 2.65. The van der Waals surface area contributed by atoms with E-state index in [1.807, 2.05) is 36.2 Å². The molecule has 0 spiro atoms. The van der Waals surface area contributed by atoms with Crippen molar-refractivity contribution in [2.75, 3.05) is 5.08 Å². The van der Waals surface area contributed by atoms with E-state index in [-0.39, 0.29) is 0 Å². The minimum absolute atomic E-state index is 0.709. The molecule has 0 saturated carbocycles. The van der Waals surface area contributed by atoms with Gasteiger partial charge < -0.3 is 0 Å². The molecule has 0 aromatic carbocycles. The quantitative estimate of drug-likeness (QED) is 0.545. The van der Waals surface area contributed by atoms with Gasteiger partial charge in [0, 0.05) is 11.3 Å². The highest BCUT2D eigenvalue weighted by atomic mass is 32.2. The Morgan fingerprint density at radius 1 is 1.42 bits per heavy atom. The lowest BCUT2D eigenvalue weighted by Crippen LogP contribution is -1.86. The molecule has 0 fully saturated rings. The first-order valence-electron chi connectivity index (χ1n) is 3.94. The molecule has 0 radical (unpaired) electrons. The zero-order valence-corrected chi connectivity index (χ0v) is 8.99. The molecular weight excluding hydrogens is 186 g/mol. The molecule has 0 saturated heterocycles. The summed E-state index contributed by atoms with van der Waals surface area (Å²) >= 11 is 3.75. The summed E-state index contributed by atoms with van der Waals surface area (Å²) in [4.78, 5) is 4.23. The van der Waals surface area contributed by atoms with Crippen molar-refractivity contribution in [1.29, 1.82) is 0 Å². The SMILES string of the molecule is CC(C)SCSc1ccccn1. The molecule has 1 aromatic rings.